The second kappa shape index (κ2) is 6.83. The first-order chi connectivity index (χ1) is 7.72. The molecule has 0 atom stereocenters. The summed E-state index contributed by atoms with van der Waals surface area (Å²) >= 11 is 0. The Bertz CT molecular complexity index is 276. The van der Waals surface area contributed by atoms with Crippen LogP contribution >= 0.6 is 0 Å². The normalized spacial score (nSPS) is 13.6. The molecule has 0 N–H and O–H groups in total. The molecule has 0 aromatic carbocycles. The molecule has 0 heteroatoms. The zero-order valence-corrected chi connectivity index (χ0v) is 12.5. The molecule has 98 valence electrons. The third kappa shape index (κ3) is 8.01. The molecule has 0 aliphatic rings. The van der Waals surface area contributed by atoms with E-state index in [0.29, 0.717) is 10.8 Å². The molecular formula is C17H30. The summed E-state index contributed by atoms with van der Waals surface area (Å²) < 4.78 is 0. The average molecular weight is 234 g/mol. The molecule has 0 aliphatic carbocycles. The van der Waals surface area contributed by atoms with Crippen molar-refractivity contribution >= 4 is 0 Å². The van der Waals surface area contributed by atoms with Gasteiger partial charge in [-0.2, -0.15) is 0 Å². The Hall–Kier alpha value is -0.780. The lowest BCUT2D eigenvalue weighted by atomic mass is 9.80. The van der Waals surface area contributed by atoms with E-state index in [-0.39, 0.29) is 0 Å². The van der Waals surface area contributed by atoms with Crippen LogP contribution in [0.3, 0.4) is 0 Å². The molecule has 0 radical (unpaired) electrons. The fourth-order valence-electron chi connectivity index (χ4n) is 2.21. The van der Waals surface area contributed by atoms with Crippen LogP contribution in [0.2, 0.25) is 0 Å². The number of hydrogen-bond donors (Lipinski definition) is 0. The highest BCUT2D eigenvalue weighted by molar-refractivity contribution is 5.04. The predicted molar refractivity (Wildman–Crippen MR) is 80.2 cm³/mol. The van der Waals surface area contributed by atoms with Crippen molar-refractivity contribution in [1.29, 1.82) is 0 Å². The van der Waals surface area contributed by atoms with Gasteiger partial charge in [-0.25, -0.2) is 0 Å². The third-order valence-corrected chi connectivity index (χ3v) is 3.15. The van der Waals surface area contributed by atoms with Gasteiger partial charge in [0, 0.05) is 0 Å². The molecule has 0 rings (SSSR count). The van der Waals surface area contributed by atoms with Crippen LogP contribution in [0, 0.1) is 10.8 Å². The van der Waals surface area contributed by atoms with Crippen molar-refractivity contribution < 1.29 is 0 Å². The van der Waals surface area contributed by atoms with Gasteiger partial charge in [0.25, 0.3) is 0 Å². The van der Waals surface area contributed by atoms with Crippen molar-refractivity contribution in [3.8, 4) is 0 Å². The summed E-state index contributed by atoms with van der Waals surface area (Å²) in [5, 5.41) is 0. The molecule has 0 nitrogen and oxygen atoms in total. The maximum atomic E-state index is 3.83. The van der Waals surface area contributed by atoms with Gasteiger partial charge in [0.1, 0.15) is 0 Å². The van der Waals surface area contributed by atoms with E-state index in [1.807, 2.05) is 12.2 Å². The van der Waals surface area contributed by atoms with Crippen molar-refractivity contribution in [3.05, 3.63) is 37.0 Å². The maximum Gasteiger partial charge on any atom is -0.0268 e. The van der Waals surface area contributed by atoms with Crippen LogP contribution in [-0.4, -0.2) is 0 Å². The lowest BCUT2D eigenvalue weighted by Crippen LogP contribution is -2.12. The Morgan fingerprint density at radius 1 is 0.882 bits per heavy atom. The summed E-state index contributed by atoms with van der Waals surface area (Å²) in [7, 11) is 0. The van der Waals surface area contributed by atoms with Crippen LogP contribution in [-0.2, 0) is 0 Å². The van der Waals surface area contributed by atoms with Crippen LogP contribution in [0.1, 0.15) is 60.3 Å². The molecule has 0 amide bonds. The Labute approximate surface area is 109 Å². The first-order valence-electron chi connectivity index (χ1n) is 6.60. The van der Waals surface area contributed by atoms with Crippen molar-refractivity contribution in [2.45, 2.75) is 60.3 Å². The quantitative estimate of drug-likeness (QED) is 0.457. The highest BCUT2D eigenvalue weighted by Gasteiger charge is 2.18. The summed E-state index contributed by atoms with van der Waals surface area (Å²) in [5.74, 6) is 0. The molecular weight excluding hydrogens is 204 g/mol. The zero-order chi connectivity index (χ0) is 13.5. The summed E-state index contributed by atoms with van der Waals surface area (Å²) in [6.07, 6.45) is 10.9. The summed E-state index contributed by atoms with van der Waals surface area (Å²) in [6, 6.07) is 0. The number of rotatable bonds is 8. The van der Waals surface area contributed by atoms with E-state index < -0.39 is 0 Å². The van der Waals surface area contributed by atoms with Crippen molar-refractivity contribution in [2.75, 3.05) is 0 Å². The van der Waals surface area contributed by atoms with E-state index in [0.717, 1.165) is 25.7 Å². The van der Waals surface area contributed by atoms with E-state index in [1.165, 1.54) is 5.57 Å². The van der Waals surface area contributed by atoms with Crippen molar-refractivity contribution in [2.24, 2.45) is 10.8 Å². The van der Waals surface area contributed by atoms with E-state index in [4.69, 9.17) is 0 Å². The summed E-state index contributed by atoms with van der Waals surface area (Å²) in [4.78, 5) is 0. The van der Waals surface area contributed by atoms with Crippen LogP contribution in [0.5, 0.6) is 0 Å². The zero-order valence-electron chi connectivity index (χ0n) is 12.5. The van der Waals surface area contributed by atoms with Gasteiger partial charge in [0.05, 0.1) is 0 Å². The van der Waals surface area contributed by atoms with E-state index in [2.05, 4.69) is 53.9 Å². The van der Waals surface area contributed by atoms with Gasteiger partial charge in [-0.1, -0.05) is 51.5 Å². The standard InChI is InChI=1S/C17H30/c1-8-11-16(4,5)13-10-15(3)14-17(6,7)12-9-2/h8-10H,1-2,11-14H2,3-7H3. The van der Waals surface area contributed by atoms with Crippen molar-refractivity contribution in [3.63, 3.8) is 0 Å². The molecule has 0 aromatic heterocycles. The Morgan fingerprint density at radius 2 is 1.35 bits per heavy atom. The van der Waals surface area contributed by atoms with E-state index in [9.17, 15) is 0 Å². The second-order valence-corrected chi connectivity index (χ2v) is 6.75. The smallest absolute Gasteiger partial charge is 0.0268 e. The SMILES string of the molecule is C=CCC(C)(C)CC=C(C)CC(C)(C)CC=C. The van der Waals surface area contributed by atoms with Crippen LogP contribution in [0.15, 0.2) is 37.0 Å². The molecule has 0 unspecified atom stereocenters. The number of allylic oxidation sites excluding steroid dienone is 4. The van der Waals surface area contributed by atoms with Gasteiger partial charge in [-0.05, 0) is 43.4 Å². The van der Waals surface area contributed by atoms with E-state index >= 15 is 0 Å². The molecule has 0 fully saturated rings. The van der Waals surface area contributed by atoms with Gasteiger partial charge >= 0.3 is 0 Å². The molecule has 17 heavy (non-hydrogen) atoms. The largest absolute Gasteiger partial charge is 0.103 e. The lowest BCUT2D eigenvalue weighted by Gasteiger charge is -2.25. The molecule has 0 saturated carbocycles. The van der Waals surface area contributed by atoms with Crippen LogP contribution < -0.4 is 0 Å². The Balaban J connectivity index is 4.36. The minimum absolute atomic E-state index is 0.338. The van der Waals surface area contributed by atoms with Gasteiger partial charge in [-0.15, -0.1) is 13.2 Å². The summed E-state index contributed by atoms with van der Waals surface area (Å²) in [6.45, 7) is 19.1. The van der Waals surface area contributed by atoms with Crippen LogP contribution in [0.4, 0.5) is 0 Å². The first-order valence-corrected chi connectivity index (χ1v) is 6.60. The molecule has 0 bridgehead atoms. The molecule has 0 heterocycles. The van der Waals surface area contributed by atoms with Gasteiger partial charge < -0.3 is 0 Å². The second-order valence-electron chi connectivity index (χ2n) is 6.75. The first kappa shape index (κ1) is 16.2. The molecule has 0 spiro atoms. The number of hydrogen-bond acceptors (Lipinski definition) is 0. The fraction of sp³-hybridized carbons (Fsp3) is 0.647. The van der Waals surface area contributed by atoms with Crippen LogP contribution in [0.25, 0.3) is 0 Å². The predicted octanol–water partition coefficient (Wildman–Crippen LogP) is 5.92. The monoisotopic (exact) mass is 234 g/mol. The highest BCUT2D eigenvalue weighted by Crippen LogP contribution is 2.31. The minimum atomic E-state index is 0.338. The summed E-state index contributed by atoms with van der Waals surface area (Å²) in [5.41, 5.74) is 2.17. The molecule has 0 aromatic rings. The topological polar surface area (TPSA) is 0 Å². The van der Waals surface area contributed by atoms with E-state index in [1.54, 1.807) is 0 Å². The highest BCUT2D eigenvalue weighted by atomic mass is 14.2. The lowest BCUT2D eigenvalue weighted by molar-refractivity contribution is 0.358. The maximum absolute atomic E-state index is 3.83. The molecule has 0 aliphatic heterocycles. The fourth-order valence-corrected chi connectivity index (χ4v) is 2.21. The van der Waals surface area contributed by atoms with Crippen molar-refractivity contribution in [1.82, 2.24) is 0 Å². The third-order valence-electron chi connectivity index (χ3n) is 3.15. The average Bonchev–Trinajstić information content (AvgIpc) is 2.14. The van der Waals surface area contributed by atoms with Gasteiger partial charge in [-0.3, -0.25) is 0 Å². The Kier molecular flexibility index (Phi) is 6.52. The molecule has 0 saturated heterocycles. The Morgan fingerprint density at radius 3 is 1.82 bits per heavy atom. The van der Waals surface area contributed by atoms with Gasteiger partial charge in [0.15, 0.2) is 0 Å². The van der Waals surface area contributed by atoms with Gasteiger partial charge in [0.2, 0.25) is 0 Å². The minimum Gasteiger partial charge on any atom is -0.103 e.